The summed E-state index contributed by atoms with van der Waals surface area (Å²) < 4.78 is 0. The van der Waals surface area contributed by atoms with Gasteiger partial charge in [0.2, 0.25) is 5.91 Å². The Labute approximate surface area is 118 Å². The third-order valence-corrected chi connectivity index (χ3v) is 4.04. The van der Waals surface area contributed by atoms with Gasteiger partial charge in [-0.05, 0) is 37.3 Å². The molecule has 7 heteroatoms. The van der Waals surface area contributed by atoms with Crippen molar-refractivity contribution < 1.29 is 9.59 Å². The first-order valence-corrected chi connectivity index (χ1v) is 8.00. The van der Waals surface area contributed by atoms with Crippen LogP contribution in [0.4, 0.5) is 4.79 Å². The molecule has 0 aliphatic carbocycles. The van der Waals surface area contributed by atoms with Crippen molar-refractivity contribution in [3.05, 3.63) is 0 Å². The molecule has 1 fully saturated rings. The molecule has 6 nitrogen and oxygen atoms in total. The van der Waals surface area contributed by atoms with Crippen LogP contribution < -0.4 is 21.7 Å². The van der Waals surface area contributed by atoms with E-state index in [9.17, 15) is 9.59 Å². The van der Waals surface area contributed by atoms with Crippen LogP contribution in [0.25, 0.3) is 0 Å². The zero-order valence-electron chi connectivity index (χ0n) is 11.6. The minimum absolute atomic E-state index is 0.118. The summed E-state index contributed by atoms with van der Waals surface area (Å²) in [5.74, 6) is 1.10. The van der Waals surface area contributed by atoms with Gasteiger partial charge in [0.1, 0.15) is 6.04 Å². The lowest BCUT2D eigenvalue weighted by molar-refractivity contribution is -0.124. The van der Waals surface area contributed by atoms with Crippen molar-refractivity contribution in [3.8, 4) is 0 Å². The van der Waals surface area contributed by atoms with Crippen LogP contribution >= 0.6 is 11.8 Å². The molecule has 1 aliphatic rings. The highest BCUT2D eigenvalue weighted by Gasteiger charge is 2.26. The van der Waals surface area contributed by atoms with E-state index >= 15 is 0 Å². The largest absolute Gasteiger partial charge is 0.352 e. The zero-order valence-corrected chi connectivity index (χ0v) is 12.4. The number of primary amides is 1. The maximum atomic E-state index is 12.2. The smallest absolute Gasteiger partial charge is 0.312 e. The molecule has 0 aromatic carbocycles. The van der Waals surface area contributed by atoms with Gasteiger partial charge in [0.05, 0.1) is 0 Å². The summed E-state index contributed by atoms with van der Waals surface area (Å²) in [7, 11) is 0. The van der Waals surface area contributed by atoms with Crippen LogP contribution in [0, 0.1) is 5.92 Å². The average molecular weight is 288 g/mol. The number of nitrogens with two attached hydrogens (primary N) is 1. The van der Waals surface area contributed by atoms with Crippen molar-refractivity contribution in [3.63, 3.8) is 0 Å². The molecule has 0 bridgehead atoms. The van der Waals surface area contributed by atoms with Gasteiger partial charge in [0.25, 0.3) is 0 Å². The standard InChI is InChI=1S/C12H24N4O2S/c1-8-3-5-14-7-10(8)15-11(17)9(4-6-19-2)16-12(13)18/h8-10,14H,3-7H2,1-2H3,(H,15,17)(H3,13,16,18). The topological polar surface area (TPSA) is 96.2 Å². The number of piperidine rings is 1. The van der Waals surface area contributed by atoms with Gasteiger partial charge in [-0.25, -0.2) is 4.79 Å². The molecule has 0 radical (unpaired) electrons. The minimum Gasteiger partial charge on any atom is -0.352 e. The Bertz CT molecular complexity index is 314. The van der Waals surface area contributed by atoms with Crippen LogP contribution in [0.2, 0.25) is 0 Å². The van der Waals surface area contributed by atoms with Crippen LogP contribution in [0.15, 0.2) is 0 Å². The first kappa shape index (κ1) is 16.1. The number of hydrogen-bond donors (Lipinski definition) is 4. The molecule has 1 heterocycles. The fourth-order valence-electron chi connectivity index (χ4n) is 2.14. The number of hydrogen-bond acceptors (Lipinski definition) is 4. The van der Waals surface area contributed by atoms with Crippen molar-refractivity contribution >= 4 is 23.7 Å². The van der Waals surface area contributed by atoms with Gasteiger partial charge >= 0.3 is 6.03 Å². The van der Waals surface area contributed by atoms with Crippen LogP contribution in [0.3, 0.4) is 0 Å². The number of thioether (sulfide) groups is 1. The van der Waals surface area contributed by atoms with Crippen LogP contribution in [-0.4, -0.2) is 49.1 Å². The van der Waals surface area contributed by atoms with E-state index in [1.165, 1.54) is 0 Å². The molecule has 0 saturated carbocycles. The molecule has 19 heavy (non-hydrogen) atoms. The molecular weight excluding hydrogens is 264 g/mol. The zero-order chi connectivity index (χ0) is 14.3. The fourth-order valence-corrected chi connectivity index (χ4v) is 2.61. The summed E-state index contributed by atoms with van der Waals surface area (Å²) in [5.41, 5.74) is 5.11. The molecule has 1 saturated heterocycles. The SMILES string of the molecule is CSCCC(NC(N)=O)C(=O)NC1CNCCC1C. The highest BCUT2D eigenvalue weighted by atomic mass is 32.2. The molecule has 3 unspecified atom stereocenters. The van der Waals surface area contributed by atoms with Crippen molar-refractivity contribution in [2.24, 2.45) is 11.7 Å². The molecule has 0 spiro atoms. The second kappa shape index (κ2) is 8.27. The van der Waals surface area contributed by atoms with Gasteiger partial charge in [0.15, 0.2) is 0 Å². The van der Waals surface area contributed by atoms with E-state index in [1.807, 2.05) is 6.26 Å². The molecule has 3 atom stereocenters. The lowest BCUT2D eigenvalue weighted by atomic mass is 9.94. The second-order valence-electron chi connectivity index (χ2n) is 4.93. The first-order valence-electron chi connectivity index (χ1n) is 6.60. The Hall–Kier alpha value is -0.950. The predicted molar refractivity (Wildman–Crippen MR) is 78.1 cm³/mol. The van der Waals surface area contributed by atoms with Crippen LogP contribution in [0.5, 0.6) is 0 Å². The van der Waals surface area contributed by atoms with E-state index in [-0.39, 0.29) is 11.9 Å². The van der Waals surface area contributed by atoms with Crippen molar-refractivity contribution in [2.75, 3.05) is 25.1 Å². The number of nitrogens with one attached hydrogen (secondary N) is 3. The fraction of sp³-hybridized carbons (Fsp3) is 0.833. The number of carbonyl (C=O) groups excluding carboxylic acids is 2. The quantitative estimate of drug-likeness (QED) is 0.548. The maximum Gasteiger partial charge on any atom is 0.312 e. The Balaban J connectivity index is 2.51. The summed E-state index contributed by atoms with van der Waals surface area (Å²) >= 11 is 1.64. The Morgan fingerprint density at radius 2 is 2.26 bits per heavy atom. The van der Waals surface area contributed by atoms with Crippen LogP contribution in [0.1, 0.15) is 19.8 Å². The van der Waals surface area contributed by atoms with Crippen molar-refractivity contribution in [1.82, 2.24) is 16.0 Å². The predicted octanol–water partition coefficient (Wildman–Crippen LogP) is -0.109. The highest BCUT2D eigenvalue weighted by Crippen LogP contribution is 2.11. The molecule has 0 aromatic rings. The summed E-state index contributed by atoms with van der Waals surface area (Å²) in [6.45, 7) is 3.89. The number of amides is 3. The lowest BCUT2D eigenvalue weighted by Crippen LogP contribution is -2.56. The number of carbonyl (C=O) groups is 2. The van der Waals surface area contributed by atoms with E-state index < -0.39 is 12.1 Å². The van der Waals surface area contributed by atoms with Gasteiger partial charge in [-0.2, -0.15) is 11.8 Å². The first-order chi connectivity index (χ1) is 9.04. The van der Waals surface area contributed by atoms with E-state index in [1.54, 1.807) is 11.8 Å². The second-order valence-corrected chi connectivity index (χ2v) is 5.91. The monoisotopic (exact) mass is 288 g/mol. The van der Waals surface area contributed by atoms with Gasteiger partial charge in [-0.1, -0.05) is 6.92 Å². The lowest BCUT2D eigenvalue weighted by Gasteiger charge is -2.31. The Morgan fingerprint density at radius 1 is 1.53 bits per heavy atom. The van der Waals surface area contributed by atoms with Gasteiger partial charge in [-0.15, -0.1) is 0 Å². The number of urea groups is 1. The molecule has 3 amide bonds. The molecule has 0 aromatic heterocycles. The molecular formula is C12H24N4O2S. The average Bonchev–Trinajstić information content (AvgIpc) is 2.36. The van der Waals surface area contributed by atoms with Gasteiger partial charge in [0, 0.05) is 12.6 Å². The Morgan fingerprint density at radius 3 is 2.84 bits per heavy atom. The van der Waals surface area contributed by atoms with E-state index in [0.717, 1.165) is 25.3 Å². The molecule has 1 aliphatic heterocycles. The summed E-state index contributed by atoms with van der Waals surface area (Å²) in [4.78, 5) is 23.1. The normalized spacial score (nSPS) is 24.5. The maximum absolute atomic E-state index is 12.2. The third-order valence-electron chi connectivity index (χ3n) is 3.40. The molecule has 5 N–H and O–H groups in total. The van der Waals surface area contributed by atoms with Crippen molar-refractivity contribution in [2.45, 2.75) is 31.8 Å². The summed E-state index contributed by atoms with van der Waals surface area (Å²) in [5, 5.41) is 8.78. The van der Waals surface area contributed by atoms with Gasteiger partial charge < -0.3 is 21.7 Å². The number of rotatable bonds is 6. The summed E-state index contributed by atoms with van der Waals surface area (Å²) in [6, 6.07) is -1.08. The minimum atomic E-state index is -0.656. The third kappa shape index (κ3) is 5.69. The van der Waals surface area contributed by atoms with Gasteiger partial charge in [-0.3, -0.25) is 4.79 Å². The summed E-state index contributed by atoms with van der Waals surface area (Å²) in [6.07, 6.45) is 3.60. The molecule has 1 rings (SSSR count). The van der Waals surface area contributed by atoms with E-state index in [0.29, 0.717) is 12.3 Å². The molecule has 110 valence electrons. The van der Waals surface area contributed by atoms with E-state index in [2.05, 4.69) is 22.9 Å². The van der Waals surface area contributed by atoms with Crippen LogP contribution in [-0.2, 0) is 4.79 Å². The highest BCUT2D eigenvalue weighted by molar-refractivity contribution is 7.98. The Kier molecular flexibility index (Phi) is 7.01. The van der Waals surface area contributed by atoms with E-state index in [4.69, 9.17) is 5.73 Å². The van der Waals surface area contributed by atoms with Crippen molar-refractivity contribution in [1.29, 1.82) is 0 Å².